The number of nitrogens with zero attached hydrogens (tertiary/aromatic N) is 1. The van der Waals surface area contributed by atoms with Crippen molar-refractivity contribution >= 4 is 16.7 Å². The maximum absolute atomic E-state index is 13.3. The van der Waals surface area contributed by atoms with E-state index in [9.17, 15) is 9.59 Å². The molecule has 0 spiro atoms. The summed E-state index contributed by atoms with van der Waals surface area (Å²) in [5.74, 6) is 0.660. The first-order valence-corrected chi connectivity index (χ1v) is 9.96. The van der Waals surface area contributed by atoms with E-state index in [0.29, 0.717) is 34.5 Å². The predicted octanol–water partition coefficient (Wildman–Crippen LogP) is 4.61. The fourth-order valence-corrected chi connectivity index (χ4v) is 3.64. The number of pyridine rings is 1. The Morgan fingerprint density at radius 1 is 0.903 bits per heavy atom. The van der Waals surface area contributed by atoms with E-state index < -0.39 is 0 Å². The van der Waals surface area contributed by atoms with Crippen LogP contribution in [0.3, 0.4) is 0 Å². The van der Waals surface area contributed by atoms with Crippen LogP contribution >= 0.6 is 0 Å². The topological polar surface area (TPSA) is 57.5 Å². The van der Waals surface area contributed by atoms with Crippen LogP contribution in [0.5, 0.6) is 11.5 Å². The van der Waals surface area contributed by atoms with Crippen molar-refractivity contribution in [1.82, 2.24) is 4.57 Å². The molecule has 4 rings (SSSR count). The Hall–Kier alpha value is -3.86. The Morgan fingerprint density at radius 3 is 2.19 bits per heavy atom. The van der Waals surface area contributed by atoms with Crippen molar-refractivity contribution in [2.75, 3.05) is 14.2 Å². The Bertz CT molecular complexity index is 1310. The van der Waals surface area contributed by atoms with Gasteiger partial charge in [-0.2, -0.15) is 0 Å². The van der Waals surface area contributed by atoms with Gasteiger partial charge in [-0.15, -0.1) is 0 Å². The summed E-state index contributed by atoms with van der Waals surface area (Å²) in [5.41, 5.74) is 3.17. The fourth-order valence-electron chi connectivity index (χ4n) is 3.64. The van der Waals surface area contributed by atoms with E-state index in [1.54, 1.807) is 49.7 Å². The fraction of sp³-hybridized carbons (Fsp3) is 0.154. The van der Waals surface area contributed by atoms with Crippen LogP contribution in [0.1, 0.15) is 27.0 Å². The first-order valence-electron chi connectivity index (χ1n) is 9.96. The average Bonchev–Trinajstić information content (AvgIpc) is 2.81. The molecule has 0 saturated carbocycles. The Kier molecular flexibility index (Phi) is 5.58. The molecule has 0 aliphatic carbocycles. The number of fused-ring (bicyclic) bond motifs is 1. The zero-order chi connectivity index (χ0) is 22.0. The van der Waals surface area contributed by atoms with Gasteiger partial charge in [0.05, 0.1) is 30.7 Å². The maximum atomic E-state index is 13.3. The molecule has 0 unspecified atom stereocenters. The van der Waals surface area contributed by atoms with Crippen LogP contribution in [-0.2, 0) is 6.54 Å². The number of benzene rings is 3. The molecule has 156 valence electrons. The molecule has 0 aliphatic rings. The van der Waals surface area contributed by atoms with E-state index in [2.05, 4.69) is 0 Å². The largest absolute Gasteiger partial charge is 0.493 e. The number of aromatic nitrogens is 1. The molecular formula is C26H23NO4. The summed E-state index contributed by atoms with van der Waals surface area (Å²) in [6.45, 7) is 2.54. The molecule has 31 heavy (non-hydrogen) atoms. The van der Waals surface area contributed by atoms with Gasteiger partial charge in [0, 0.05) is 24.4 Å². The second-order valence-corrected chi connectivity index (χ2v) is 7.40. The number of carbonyl (C=O) groups is 1. The molecule has 1 aromatic heterocycles. The van der Waals surface area contributed by atoms with Crippen LogP contribution in [0.4, 0.5) is 0 Å². The van der Waals surface area contributed by atoms with Gasteiger partial charge < -0.3 is 14.0 Å². The molecule has 0 radical (unpaired) electrons. The number of rotatable bonds is 6. The lowest BCUT2D eigenvalue weighted by Crippen LogP contribution is -2.20. The van der Waals surface area contributed by atoms with Crippen LogP contribution < -0.4 is 14.9 Å². The highest BCUT2D eigenvalue weighted by molar-refractivity contribution is 6.10. The lowest BCUT2D eigenvalue weighted by molar-refractivity contribution is 0.103. The zero-order valence-electron chi connectivity index (χ0n) is 17.7. The molecule has 0 amide bonds. The Morgan fingerprint density at radius 2 is 1.55 bits per heavy atom. The SMILES string of the molecule is COc1cc2c(=O)c(C(=O)c3ccccc3)cn(Cc3ccc(C)cc3)c2cc1OC. The van der Waals surface area contributed by atoms with Gasteiger partial charge >= 0.3 is 0 Å². The van der Waals surface area contributed by atoms with E-state index in [1.807, 2.05) is 41.8 Å². The quantitative estimate of drug-likeness (QED) is 0.433. The highest BCUT2D eigenvalue weighted by atomic mass is 16.5. The minimum absolute atomic E-state index is 0.123. The van der Waals surface area contributed by atoms with Gasteiger partial charge in [0.2, 0.25) is 5.43 Å². The summed E-state index contributed by atoms with van der Waals surface area (Å²) in [7, 11) is 3.08. The van der Waals surface area contributed by atoms with E-state index in [0.717, 1.165) is 5.56 Å². The molecule has 5 heteroatoms. The Labute approximate surface area is 180 Å². The first-order chi connectivity index (χ1) is 15.0. The standard InChI is InChI=1S/C26H23NO4/c1-17-9-11-18(12-10-17)15-27-16-21(25(28)19-7-5-4-6-8-19)26(29)20-13-23(30-2)24(31-3)14-22(20)27/h4-14,16H,15H2,1-3H3. The summed E-state index contributed by atoms with van der Waals surface area (Å²) in [4.78, 5) is 26.5. The summed E-state index contributed by atoms with van der Waals surface area (Å²) < 4.78 is 12.8. The number of carbonyl (C=O) groups excluding carboxylic acids is 1. The molecule has 0 bridgehead atoms. The van der Waals surface area contributed by atoms with Gasteiger partial charge in [-0.25, -0.2) is 0 Å². The molecular weight excluding hydrogens is 390 g/mol. The van der Waals surface area contributed by atoms with Crippen molar-refractivity contribution < 1.29 is 14.3 Å². The first kappa shape index (κ1) is 20.4. The number of aryl methyl sites for hydroxylation is 1. The van der Waals surface area contributed by atoms with Crippen molar-refractivity contribution in [2.45, 2.75) is 13.5 Å². The van der Waals surface area contributed by atoms with Gasteiger partial charge in [-0.1, -0.05) is 60.2 Å². The van der Waals surface area contributed by atoms with E-state index in [-0.39, 0.29) is 16.8 Å². The molecule has 0 aliphatic heterocycles. The smallest absolute Gasteiger partial charge is 0.200 e. The lowest BCUT2D eigenvalue weighted by atomic mass is 10.0. The van der Waals surface area contributed by atoms with Crippen molar-refractivity contribution in [3.8, 4) is 11.5 Å². The number of methoxy groups -OCH3 is 2. The normalized spacial score (nSPS) is 10.8. The van der Waals surface area contributed by atoms with E-state index >= 15 is 0 Å². The van der Waals surface area contributed by atoms with Crippen LogP contribution in [0.2, 0.25) is 0 Å². The van der Waals surface area contributed by atoms with Crippen LogP contribution in [0.25, 0.3) is 10.9 Å². The molecule has 4 aromatic rings. The van der Waals surface area contributed by atoms with Crippen LogP contribution in [0.15, 0.2) is 77.7 Å². The summed E-state index contributed by atoms with van der Waals surface area (Å²) >= 11 is 0. The molecule has 5 nitrogen and oxygen atoms in total. The molecule has 1 heterocycles. The van der Waals surface area contributed by atoms with E-state index in [4.69, 9.17) is 9.47 Å². The minimum Gasteiger partial charge on any atom is -0.493 e. The van der Waals surface area contributed by atoms with Crippen molar-refractivity contribution in [3.05, 3.63) is 105 Å². The minimum atomic E-state index is -0.329. The van der Waals surface area contributed by atoms with Gasteiger partial charge in [0.25, 0.3) is 0 Å². The zero-order valence-corrected chi connectivity index (χ0v) is 17.7. The molecule has 0 fully saturated rings. The second-order valence-electron chi connectivity index (χ2n) is 7.40. The second kappa shape index (κ2) is 8.48. The van der Waals surface area contributed by atoms with Crippen molar-refractivity contribution in [2.24, 2.45) is 0 Å². The summed E-state index contributed by atoms with van der Waals surface area (Å²) in [5, 5.41) is 0.409. The van der Waals surface area contributed by atoms with Gasteiger partial charge in [-0.05, 0) is 18.6 Å². The third-order valence-corrected chi connectivity index (χ3v) is 5.34. The third-order valence-electron chi connectivity index (χ3n) is 5.34. The van der Waals surface area contributed by atoms with Gasteiger partial charge in [0.1, 0.15) is 0 Å². The van der Waals surface area contributed by atoms with Gasteiger partial charge in [0.15, 0.2) is 17.3 Å². The number of hydrogen-bond acceptors (Lipinski definition) is 4. The highest BCUT2D eigenvalue weighted by Crippen LogP contribution is 2.31. The monoisotopic (exact) mass is 413 g/mol. The third kappa shape index (κ3) is 3.94. The van der Waals surface area contributed by atoms with Crippen LogP contribution in [0, 0.1) is 6.92 Å². The summed E-state index contributed by atoms with van der Waals surface area (Å²) in [6.07, 6.45) is 1.64. The Balaban J connectivity index is 1.96. The molecule has 0 atom stereocenters. The van der Waals surface area contributed by atoms with E-state index in [1.165, 1.54) is 12.7 Å². The average molecular weight is 413 g/mol. The highest BCUT2D eigenvalue weighted by Gasteiger charge is 2.19. The predicted molar refractivity (Wildman–Crippen MR) is 121 cm³/mol. The van der Waals surface area contributed by atoms with Gasteiger partial charge in [-0.3, -0.25) is 9.59 Å². The molecule has 0 saturated heterocycles. The lowest BCUT2D eigenvalue weighted by Gasteiger charge is -2.16. The maximum Gasteiger partial charge on any atom is 0.200 e. The summed E-state index contributed by atoms with van der Waals surface area (Å²) in [6, 6.07) is 20.4. The van der Waals surface area contributed by atoms with Crippen molar-refractivity contribution in [1.29, 1.82) is 0 Å². The molecule has 0 N–H and O–H groups in total. The molecule has 3 aromatic carbocycles. The van der Waals surface area contributed by atoms with Crippen molar-refractivity contribution in [3.63, 3.8) is 0 Å². The number of hydrogen-bond donors (Lipinski definition) is 0. The number of ketones is 1. The van der Waals surface area contributed by atoms with Crippen LogP contribution in [-0.4, -0.2) is 24.6 Å². The number of ether oxygens (including phenoxy) is 2.